The highest BCUT2D eigenvalue weighted by molar-refractivity contribution is 9.09. The lowest BCUT2D eigenvalue weighted by Gasteiger charge is -2.17. The minimum atomic E-state index is 0.769. The molecule has 0 atom stereocenters. The Morgan fingerprint density at radius 1 is 1.50 bits per heavy atom. The fourth-order valence-corrected chi connectivity index (χ4v) is 2.30. The summed E-state index contributed by atoms with van der Waals surface area (Å²) in [5.41, 5.74) is 3.36. The summed E-state index contributed by atoms with van der Waals surface area (Å²) in [6.07, 6.45) is 2.01. The number of hydrogen-bond donors (Lipinski definition) is 0. The van der Waals surface area contributed by atoms with Crippen LogP contribution in [-0.2, 0) is 6.42 Å². The van der Waals surface area contributed by atoms with Crippen LogP contribution in [0.2, 0.25) is 0 Å². The van der Waals surface area contributed by atoms with E-state index in [9.17, 15) is 4.79 Å². The smallest absolute Gasteiger partial charge is 0.150 e. The minimum Gasteiger partial charge on any atom is -0.370 e. The van der Waals surface area contributed by atoms with E-state index in [-0.39, 0.29) is 0 Å². The molecule has 0 unspecified atom stereocenters. The van der Waals surface area contributed by atoms with Crippen LogP contribution in [0.4, 0.5) is 5.69 Å². The average molecular weight is 254 g/mol. The van der Waals surface area contributed by atoms with Gasteiger partial charge in [0.2, 0.25) is 0 Å². The third kappa shape index (κ3) is 1.69. The number of aldehydes is 1. The molecule has 0 radical (unpaired) electrons. The van der Waals surface area contributed by atoms with Gasteiger partial charge in [0, 0.05) is 29.7 Å². The van der Waals surface area contributed by atoms with Gasteiger partial charge < -0.3 is 4.90 Å². The first-order valence-corrected chi connectivity index (χ1v) is 5.86. The van der Waals surface area contributed by atoms with E-state index >= 15 is 0 Å². The number of fused-ring (bicyclic) bond motifs is 1. The number of nitrogens with zero attached hydrogens (tertiary/aromatic N) is 1. The molecule has 74 valence electrons. The van der Waals surface area contributed by atoms with Crippen LogP contribution >= 0.6 is 15.9 Å². The molecule has 2 rings (SSSR count). The molecule has 2 nitrogen and oxygen atoms in total. The van der Waals surface area contributed by atoms with Crippen molar-refractivity contribution in [3.8, 4) is 0 Å². The van der Waals surface area contributed by atoms with Crippen molar-refractivity contribution in [2.75, 3.05) is 23.3 Å². The maximum absolute atomic E-state index is 10.6. The largest absolute Gasteiger partial charge is 0.370 e. The van der Waals surface area contributed by atoms with Gasteiger partial charge in [-0.2, -0.15) is 0 Å². The Labute approximate surface area is 92.0 Å². The summed E-state index contributed by atoms with van der Waals surface area (Å²) in [6, 6.07) is 5.94. The van der Waals surface area contributed by atoms with E-state index < -0.39 is 0 Å². The van der Waals surface area contributed by atoms with Crippen molar-refractivity contribution in [2.24, 2.45) is 0 Å². The molecule has 0 fully saturated rings. The molecule has 0 aromatic heterocycles. The number of alkyl halides is 1. The quantitative estimate of drug-likeness (QED) is 0.609. The average Bonchev–Trinajstić information content (AvgIpc) is 2.61. The fourth-order valence-electron chi connectivity index (χ4n) is 1.87. The van der Waals surface area contributed by atoms with Crippen LogP contribution < -0.4 is 4.90 Å². The lowest BCUT2D eigenvalue weighted by Crippen LogP contribution is -2.22. The molecule has 0 bridgehead atoms. The number of benzene rings is 1. The molecular formula is C11H12BrNO. The third-order valence-corrected chi connectivity index (χ3v) is 2.95. The van der Waals surface area contributed by atoms with Crippen LogP contribution in [0.5, 0.6) is 0 Å². The molecule has 1 aliphatic heterocycles. The highest BCUT2D eigenvalue weighted by Crippen LogP contribution is 2.28. The lowest BCUT2D eigenvalue weighted by molar-refractivity contribution is 0.112. The van der Waals surface area contributed by atoms with Crippen LogP contribution in [0.25, 0.3) is 0 Å². The Morgan fingerprint density at radius 2 is 2.36 bits per heavy atom. The number of rotatable bonds is 3. The second-order valence-corrected chi connectivity index (χ2v) is 4.23. The molecule has 0 saturated heterocycles. The zero-order valence-electron chi connectivity index (χ0n) is 7.87. The summed E-state index contributed by atoms with van der Waals surface area (Å²) in [4.78, 5) is 13.0. The Balaban J connectivity index is 2.32. The van der Waals surface area contributed by atoms with Gasteiger partial charge in [0.25, 0.3) is 0 Å². The second kappa shape index (κ2) is 4.13. The summed E-state index contributed by atoms with van der Waals surface area (Å²) in [5, 5.41) is 0.970. The molecule has 1 heterocycles. The highest BCUT2D eigenvalue weighted by atomic mass is 79.9. The zero-order valence-corrected chi connectivity index (χ0v) is 9.46. The highest BCUT2D eigenvalue weighted by Gasteiger charge is 2.18. The number of anilines is 1. The predicted octanol–water partition coefficient (Wildman–Crippen LogP) is 2.26. The van der Waals surface area contributed by atoms with Crippen LogP contribution in [0.3, 0.4) is 0 Å². The van der Waals surface area contributed by atoms with Gasteiger partial charge in [-0.25, -0.2) is 0 Å². The fraction of sp³-hybridized carbons (Fsp3) is 0.364. The van der Waals surface area contributed by atoms with Crippen LogP contribution in [0.1, 0.15) is 15.9 Å². The van der Waals surface area contributed by atoms with Crippen LogP contribution in [0, 0.1) is 0 Å². The van der Waals surface area contributed by atoms with E-state index in [1.54, 1.807) is 0 Å². The first-order valence-electron chi connectivity index (χ1n) is 4.74. The topological polar surface area (TPSA) is 20.3 Å². The van der Waals surface area contributed by atoms with Gasteiger partial charge in [-0.1, -0.05) is 28.1 Å². The zero-order chi connectivity index (χ0) is 9.97. The van der Waals surface area contributed by atoms with Gasteiger partial charge >= 0.3 is 0 Å². The second-order valence-electron chi connectivity index (χ2n) is 3.43. The van der Waals surface area contributed by atoms with E-state index in [2.05, 4.69) is 26.9 Å². The van der Waals surface area contributed by atoms with E-state index in [0.717, 1.165) is 36.7 Å². The van der Waals surface area contributed by atoms with Gasteiger partial charge in [0.05, 0.1) is 0 Å². The Morgan fingerprint density at radius 3 is 3.07 bits per heavy atom. The van der Waals surface area contributed by atoms with Gasteiger partial charge in [-0.15, -0.1) is 0 Å². The van der Waals surface area contributed by atoms with Gasteiger partial charge in [0.1, 0.15) is 6.29 Å². The third-order valence-electron chi connectivity index (χ3n) is 2.59. The summed E-state index contributed by atoms with van der Waals surface area (Å²) in [6.45, 7) is 2.08. The maximum Gasteiger partial charge on any atom is 0.150 e. The van der Waals surface area contributed by atoms with Crippen molar-refractivity contribution in [1.29, 1.82) is 0 Å². The molecule has 1 aromatic rings. The van der Waals surface area contributed by atoms with E-state index in [1.165, 1.54) is 11.3 Å². The summed E-state index contributed by atoms with van der Waals surface area (Å²) >= 11 is 3.44. The number of carbonyl (C=O) groups excluding carboxylic acids is 1. The van der Waals surface area contributed by atoms with Crippen molar-refractivity contribution in [2.45, 2.75) is 6.42 Å². The normalized spacial score (nSPS) is 14.2. The molecule has 1 aromatic carbocycles. The molecule has 0 amide bonds. The van der Waals surface area contributed by atoms with E-state index in [1.807, 2.05) is 12.1 Å². The first kappa shape index (κ1) is 9.71. The predicted molar refractivity (Wildman–Crippen MR) is 61.5 cm³/mol. The molecule has 0 N–H and O–H groups in total. The van der Waals surface area contributed by atoms with E-state index in [4.69, 9.17) is 0 Å². The van der Waals surface area contributed by atoms with Crippen molar-refractivity contribution in [3.05, 3.63) is 29.3 Å². The van der Waals surface area contributed by atoms with Crippen molar-refractivity contribution in [1.82, 2.24) is 0 Å². The van der Waals surface area contributed by atoms with Crippen molar-refractivity contribution in [3.63, 3.8) is 0 Å². The number of halogens is 1. The summed E-state index contributed by atoms with van der Waals surface area (Å²) < 4.78 is 0. The van der Waals surface area contributed by atoms with Crippen LogP contribution in [0.15, 0.2) is 18.2 Å². The number of hydrogen-bond acceptors (Lipinski definition) is 2. The van der Waals surface area contributed by atoms with Gasteiger partial charge in [0.15, 0.2) is 0 Å². The minimum absolute atomic E-state index is 0.769. The SMILES string of the molecule is O=Cc1ccc2c(c1)N(CCBr)CC2. The molecular weight excluding hydrogens is 242 g/mol. The van der Waals surface area contributed by atoms with Crippen LogP contribution in [-0.4, -0.2) is 24.7 Å². The standard InChI is InChI=1S/C11H12BrNO/c12-4-6-13-5-3-10-2-1-9(8-14)7-11(10)13/h1-2,7-8H,3-6H2. The Bertz CT molecular complexity index is 349. The van der Waals surface area contributed by atoms with Crippen molar-refractivity contribution >= 4 is 27.9 Å². The maximum atomic E-state index is 10.6. The summed E-state index contributed by atoms with van der Waals surface area (Å²) in [7, 11) is 0. The van der Waals surface area contributed by atoms with E-state index in [0.29, 0.717) is 0 Å². The van der Waals surface area contributed by atoms with Gasteiger partial charge in [-0.05, 0) is 18.1 Å². The molecule has 1 aliphatic rings. The number of carbonyl (C=O) groups is 1. The molecule has 0 aliphatic carbocycles. The molecule has 3 heteroatoms. The lowest BCUT2D eigenvalue weighted by atomic mass is 10.1. The molecule has 0 saturated carbocycles. The van der Waals surface area contributed by atoms with Gasteiger partial charge in [-0.3, -0.25) is 4.79 Å². The summed E-state index contributed by atoms with van der Waals surface area (Å²) in [5.74, 6) is 0. The monoisotopic (exact) mass is 253 g/mol. The molecule has 0 spiro atoms. The molecule has 14 heavy (non-hydrogen) atoms. The Hall–Kier alpha value is -0.830. The first-order chi connectivity index (χ1) is 6.85. The Kier molecular flexibility index (Phi) is 2.87. The van der Waals surface area contributed by atoms with Crippen molar-refractivity contribution < 1.29 is 4.79 Å².